The van der Waals surface area contributed by atoms with Crippen molar-refractivity contribution in [3.8, 4) is 5.75 Å². The average molecular weight is 188 g/mol. The summed E-state index contributed by atoms with van der Waals surface area (Å²) in [5.74, 6) is 0.0231. The maximum Gasteiger partial charge on any atom is 0.532 e. The molecule has 0 atom stereocenters. The van der Waals surface area contributed by atoms with E-state index in [1.807, 2.05) is 0 Å². The summed E-state index contributed by atoms with van der Waals surface area (Å²) in [6, 6.07) is 5.00. The lowest BCUT2D eigenvalue weighted by Gasteiger charge is -2.14. The van der Waals surface area contributed by atoms with E-state index in [0.717, 1.165) is 0 Å². The van der Waals surface area contributed by atoms with Crippen molar-refractivity contribution in [2.75, 3.05) is 0 Å². The topological polar surface area (TPSA) is 29.5 Å². The van der Waals surface area contributed by atoms with Crippen LogP contribution < -0.4 is 4.74 Å². The van der Waals surface area contributed by atoms with E-state index in [4.69, 9.17) is 5.11 Å². The lowest BCUT2D eigenvalue weighted by molar-refractivity contribution is -0.328. The van der Waals surface area contributed by atoms with Crippen LogP contribution in [-0.2, 0) is 0 Å². The molecule has 0 heterocycles. The first-order chi connectivity index (χ1) is 5.90. The van der Waals surface area contributed by atoms with E-state index in [0.29, 0.717) is 11.1 Å². The summed E-state index contributed by atoms with van der Waals surface area (Å²) in [5, 5.41) is 8.16. The van der Waals surface area contributed by atoms with Gasteiger partial charge in [-0.25, -0.2) is 0 Å². The van der Waals surface area contributed by atoms with Crippen molar-refractivity contribution in [2.45, 2.75) is 20.1 Å². The fraction of sp³-hybridized carbons (Fsp3) is 0.333. The van der Waals surface area contributed by atoms with Gasteiger partial charge in [-0.05, 0) is 25.0 Å². The van der Waals surface area contributed by atoms with Gasteiger partial charge in [0.1, 0.15) is 5.75 Å². The maximum atomic E-state index is 12.1. The first-order valence-corrected chi connectivity index (χ1v) is 3.75. The minimum atomic E-state index is -4.11. The van der Waals surface area contributed by atoms with Crippen LogP contribution in [0.5, 0.6) is 5.75 Å². The molecule has 0 radical (unpaired) electrons. The van der Waals surface area contributed by atoms with E-state index in [2.05, 4.69) is 4.74 Å². The Morgan fingerprint density at radius 1 is 1.23 bits per heavy atom. The van der Waals surface area contributed by atoms with Crippen LogP contribution in [0.4, 0.5) is 8.78 Å². The Labute approximate surface area is 74.8 Å². The SMILES string of the molecule is Cc1cccc(C)c1OC(O)(F)F. The first-order valence-electron chi connectivity index (χ1n) is 3.75. The fourth-order valence-corrected chi connectivity index (χ4v) is 1.08. The van der Waals surface area contributed by atoms with Crippen molar-refractivity contribution in [3.05, 3.63) is 29.3 Å². The molecule has 1 rings (SSSR count). The van der Waals surface area contributed by atoms with E-state index in [1.54, 1.807) is 32.0 Å². The summed E-state index contributed by atoms with van der Waals surface area (Å²) in [5.41, 5.74) is 1.13. The van der Waals surface area contributed by atoms with Crippen LogP contribution in [0.25, 0.3) is 0 Å². The number of hydrogen-bond acceptors (Lipinski definition) is 2. The van der Waals surface area contributed by atoms with E-state index in [9.17, 15) is 8.78 Å². The van der Waals surface area contributed by atoms with Gasteiger partial charge in [-0.1, -0.05) is 18.2 Å². The average Bonchev–Trinajstić information content (AvgIpc) is 1.95. The van der Waals surface area contributed by atoms with Crippen LogP contribution in [0.3, 0.4) is 0 Å². The number of ether oxygens (including phenoxy) is 1. The standard InChI is InChI=1S/C9H10F2O2/c1-6-4-3-5-7(2)8(6)13-9(10,11)12/h3-5,12H,1-2H3. The predicted octanol–water partition coefficient (Wildman–Crippen LogP) is 2.22. The molecule has 0 amide bonds. The normalized spacial score (nSPS) is 11.5. The molecule has 0 aromatic heterocycles. The van der Waals surface area contributed by atoms with Gasteiger partial charge in [-0.3, -0.25) is 0 Å². The maximum absolute atomic E-state index is 12.1. The summed E-state index contributed by atoms with van der Waals surface area (Å²) < 4.78 is 28.3. The second-order valence-electron chi connectivity index (χ2n) is 2.81. The van der Waals surface area contributed by atoms with Gasteiger partial charge in [0.15, 0.2) is 0 Å². The van der Waals surface area contributed by atoms with E-state index >= 15 is 0 Å². The highest BCUT2D eigenvalue weighted by Crippen LogP contribution is 2.26. The molecule has 0 saturated carbocycles. The molecule has 1 aromatic rings. The van der Waals surface area contributed by atoms with Gasteiger partial charge in [-0.15, -0.1) is 8.78 Å². The molecule has 0 aliphatic carbocycles. The molecule has 2 nitrogen and oxygen atoms in total. The summed E-state index contributed by atoms with van der Waals surface area (Å²) in [6.45, 7) is 3.27. The van der Waals surface area contributed by atoms with Crippen LogP contribution >= 0.6 is 0 Å². The predicted molar refractivity (Wildman–Crippen MR) is 43.7 cm³/mol. The van der Waals surface area contributed by atoms with Gasteiger partial charge in [0.05, 0.1) is 0 Å². The van der Waals surface area contributed by atoms with E-state index in [1.165, 1.54) is 0 Å². The molecule has 1 aromatic carbocycles. The van der Waals surface area contributed by atoms with Gasteiger partial charge >= 0.3 is 6.29 Å². The van der Waals surface area contributed by atoms with Gasteiger partial charge in [-0.2, -0.15) is 0 Å². The highest BCUT2D eigenvalue weighted by atomic mass is 19.3. The fourth-order valence-electron chi connectivity index (χ4n) is 1.08. The number of rotatable bonds is 2. The van der Waals surface area contributed by atoms with Crippen molar-refractivity contribution in [2.24, 2.45) is 0 Å². The molecule has 0 aliphatic rings. The molecule has 13 heavy (non-hydrogen) atoms. The van der Waals surface area contributed by atoms with Crippen molar-refractivity contribution in [1.82, 2.24) is 0 Å². The summed E-state index contributed by atoms with van der Waals surface area (Å²) in [6.07, 6.45) is -4.11. The largest absolute Gasteiger partial charge is 0.532 e. The van der Waals surface area contributed by atoms with Crippen molar-refractivity contribution < 1.29 is 18.6 Å². The Bertz CT molecular complexity index is 285. The number of halogens is 2. The Morgan fingerprint density at radius 3 is 2.08 bits per heavy atom. The number of hydrogen-bond donors (Lipinski definition) is 1. The zero-order valence-electron chi connectivity index (χ0n) is 7.34. The van der Waals surface area contributed by atoms with Crippen LogP contribution in [0.15, 0.2) is 18.2 Å². The number of para-hydroxylation sites is 1. The minimum absolute atomic E-state index is 0.0231. The molecule has 0 spiro atoms. The molecular formula is C9H10F2O2. The third-order valence-electron chi connectivity index (χ3n) is 1.63. The van der Waals surface area contributed by atoms with Crippen LogP contribution in [0.2, 0.25) is 0 Å². The molecule has 0 saturated heterocycles. The Hall–Kier alpha value is -1.16. The summed E-state index contributed by atoms with van der Waals surface area (Å²) in [7, 11) is 0. The van der Waals surface area contributed by atoms with Crippen LogP contribution in [0, 0.1) is 13.8 Å². The number of benzene rings is 1. The highest BCUT2D eigenvalue weighted by molar-refractivity contribution is 5.39. The molecule has 0 fully saturated rings. The minimum Gasteiger partial charge on any atom is -0.409 e. The summed E-state index contributed by atoms with van der Waals surface area (Å²) in [4.78, 5) is 0. The Kier molecular flexibility index (Phi) is 2.52. The van der Waals surface area contributed by atoms with Gasteiger partial charge in [0.2, 0.25) is 0 Å². The molecule has 0 bridgehead atoms. The third-order valence-corrected chi connectivity index (χ3v) is 1.63. The molecule has 0 aliphatic heterocycles. The van der Waals surface area contributed by atoms with Crippen LogP contribution in [0.1, 0.15) is 11.1 Å². The number of aliphatic hydroxyl groups is 1. The molecular weight excluding hydrogens is 178 g/mol. The van der Waals surface area contributed by atoms with E-state index in [-0.39, 0.29) is 5.75 Å². The lowest BCUT2D eigenvalue weighted by atomic mass is 10.1. The van der Waals surface area contributed by atoms with Gasteiger partial charge < -0.3 is 9.84 Å². The number of aryl methyl sites for hydroxylation is 2. The second kappa shape index (κ2) is 3.30. The molecule has 4 heteroatoms. The van der Waals surface area contributed by atoms with Crippen molar-refractivity contribution in [3.63, 3.8) is 0 Å². The van der Waals surface area contributed by atoms with Crippen LogP contribution in [-0.4, -0.2) is 11.4 Å². The monoisotopic (exact) mass is 188 g/mol. The quantitative estimate of drug-likeness (QED) is 0.721. The van der Waals surface area contributed by atoms with E-state index < -0.39 is 6.29 Å². The molecule has 0 unspecified atom stereocenters. The zero-order valence-corrected chi connectivity index (χ0v) is 7.34. The first kappa shape index (κ1) is 9.92. The summed E-state index contributed by atoms with van der Waals surface area (Å²) >= 11 is 0. The Morgan fingerprint density at radius 2 is 1.69 bits per heavy atom. The number of alkyl halides is 2. The molecule has 1 N–H and O–H groups in total. The Balaban J connectivity index is 3.00. The van der Waals surface area contributed by atoms with Gasteiger partial charge in [0.25, 0.3) is 0 Å². The van der Waals surface area contributed by atoms with Crippen molar-refractivity contribution >= 4 is 0 Å². The third kappa shape index (κ3) is 2.66. The van der Waals surface area contributed by atoms with Gasteiger partial charge in [0, 0.05) is 0 Å². The zero-order chi connectivity index (χ0) is 10.1. The van der Waals surface area contributed by atoms with Crippen molar-refractivity contribution in [1.29, 1.82) is 0 Å². The second-order valence-corrected chi connectivity index (χ2v) is 2.81. The highest BCUT2D eigenvalue weighted by Gasteiger charge is 2.28. The molecule has 72 valence electrons. The lowest BCUT2D eigenvalue weighted by Crippen LogP contribution is -2.24. The smallest absolute Gasteiger partial charge is 0.409 e.